The van der Waals surface area contributed by atoms with E-state index < -0.39 is 11.6 Å². The average molecular weight is 403 g/mol. The number of rotatable bonds is 6. The molecular weight excluding hydrogens is 374 g/mol. The SMILES string of the molecule is COC(=O)CCn1c(C)cc(C(=O)CN2C(=O)NC3(CCCCCC3)C2=O)c1C. The van der Waals surface area contributed by atoms with E-state index in [4.69, 9.17) is 0 Å². The summed E-state index contributed by atoms with van der Waals surface area (Å²) in [6.07, 6.45) is 5.37. The minimum Gasteiger partial charge on any atom is -0.469 e. The molecule has 0 radical (unpaired) electrons. The maximum Gasteiger partial charge on any atom is 0.325 e. The summed E-state index contributed by atoms with van der Waals surface area (Å²) >= 11 is 0. The van der Waals surface area contributed by atoms with Gasteiger partial charge in [-0.2, -0.15) is 0 Å². The largest absolute Gasteiger partial charge is 0.469 e. The molecule has 1 aromatic rings. The molecule has 1 N–H and O–H groups in total. The van der Waals surface area contributed by atoms with Gasteiger partial charge < -0.3 is 14.6 Å². The fourth-order valence-corrected chi connectivity index (χ4v) is 4.45. The highest BCUT2D eigenvalue weighted by Gasteiger charge is 2.51. The summed E-state index contributed by atoms with van der Waals surface area (Å²) in [6, 6.07) is 1.26. The van der Waals surface area contributed by atoms with Crippen LogP contribution in [-0.4, -0.2) is 52.4 Å². The Labute approximate surface area is 170 Å². The normalized spacial score (nSPS) is 18.7. The van der Waals surface area contributed by atoms with Crippen LogP contribution in [0, 0.1) is 13.8 Å². The van der Waals surface area contributed by atoms with Gasteiger partial charge in [0.05, 0.1) is 20.1 Å². The highest BCUT2D eigenvalue weighted by molar-refractivity contribution is 6.11. The predicted octanol–water partition coefficient (Wildman–Crippen LogP) is 2.50. The van der Waals surface area contributed by atoms with Gasteiger partial charge in [0.25, 0.3) is 5.91 Å². The van der Waals surface area contributed by atoms with Crippen molar-refractivity contribution in [1.29, 1.82) is 0 Å². The van der Waals surface area contributed by atoms with Crippen molar-refractivity contribution in [3.8, 4) is 0 Å². The molecule has 2 fully saturated rings. The molecule has 1 aliphatic heterocycles. The number of aryl methyl sites for hydroxylation is 1. The van der Waals surface area contributed by atoms with Crippen molar-refractivity contribution in [3.05, 3.63) is 23.0 Å². The summed E-state index contributed by atoms with van der Waals surface area (Å²) < 4.78 is 6.55. The fraction of sp³-hybridized carbons (Fsp3) is 0.619. The lowest BCUT2D eigenvalue weighted by Crippen LogP contribution is -2.46. The fourth-order valence-electron chi connectivity index (χ4n) is 4.45. The van der Waals surface area contributed by atoms with Gasteiger partial charge >= 0.3 is 12.0 Å². The van der Waals surface area contributed by atoms with E-state index in [9.17, 15) is 19.2 Å². The number of carbonyl (C=O) groups excluding carboxylic acids is 4. The highest BCUT2D eigenvalue weighted by Crippen LogP contribution is 2.33. The number of ketones is 1. The number of nitrogens with one attached hydrogen (secondary N) is 1. The molecule has 2 heterocycles. The van der Waals surface area contributed by atoms with E-state index in [1.807, 2.05) is 11.5 Å². The first-order chi connectivity index (χ1) is 13.8. The Balaban J connectivity index is 1.74. The number of carbonyl (C=O) groups is 4. The predicted molar refractivity (Wildman–Crippen MR) is 106 cm³/mol. The lowest BCUT2D eigenvalue weighted by Gasteiger charge is -2.24. The second-order valence-corrected chi connectivity index (χ2v) is 8.00. The molecule has 0 bridgehead atoms. The first-order valence-electron chi connectivity index (χ1n) is 10.2. The third-order valence-corrected chi connectivity index (χ3v) is 6.15. The number of imide groups is 1. The molecule has 2 aliphatic rings. The number of hydrogen-bond acceptors (Lipinski definition) is 5. The van der Waals surface area contributed by atoms with Crippen molar-refractivity contribution in [3.63, 3.8) is 0 Å². The number of ether oxygens (including phenoxy) is 1. The molecule has 1 saturated heterocycles. The van der Waals surface area contributed by atoms with Crippen molar-refractivity contribution in [2.75, 3.05) is 13.7 Å². The Morgan fingerprint density at radius 3 is 2.41 bits per heavy atom. The number of urea groups is 1. The van der Waals surface area contributed by atoms with Crippen molar-refractivity contribution >= 4 is 23.7 Å². The van der Waals surface area contributed by atoms with Crippen LogP contribution in [0.4, 0.5) is 4.79 Å². The topological polar surface area (TPSA) is 97.7 Å². The average Bonchev–Trinajstić information content (AvgIpc) is 2.97. The van der Waals surface area contributed by atoms with Crippen LogP contribution in [0.1, 0.15) is 66.7 Å². The van der Waals surface area contributed by atoms with Gasteiger partial charge in [0.15, 0.2) is 5.78 Å². The van der Waals surface area contributed by atoms with Gasteiger partial charge in [-0.1, -0.05) is 25.7 Å². The van der Waals surface area contributed by atoms with Gasteiger partial charge in [-0.25, -0.2) is 4.79 Å². The van der Waals surface area contributed by atoms with Crippen LogP contribution in [0.25, 0.3) is 0 Å². The molecule has 1 aliphatic carbocycles. The van der Waals surface area contributed by atoms with E-state index in [2.05, 4.69) is 10.1 Å². The second-order valence-electron chi connectivity index (χ2n) is 8.00. The van der Waals surface area contributed by atoms with E-state index in [1.165, 1.54) is 7.11 Å². The first kappa shape index (κ1) is 21.1. The van der Waals surface area contributed by atoms with E-state index in [1.54, 1.807) is 13.0 Å². The minimum atomic E-state index is -0.842. The molecule has 8 heteroatoms. The van der Waals surface area contributed by atoms with Gasteiger partial charge in [-0.05, 0) is 32.8 Å². The van der Waals surface area contributed by atoms with Crippen molar-refractivity contribution in [2.24, 2.45) is 0 Å². The van der Waals surface area contributed by atoms with Crippen LogP contribution in [-0.2, 0) is 20.9 Å². The molecule has 29 heavy (non-hydrogen) atoms. The summed E-state index contributed by atoms with van der Waals surface area (Å²) in [6.45, 7) is 3.79. The van der Waals surface area contributed by atoms with Gasteiger partial charge in [0.1, 0.15) is 5.54 Å². The van der Waals surface area contributed by atoms with Gasteiger partial charge in [0, 0.05) is 23.5 Å². The summed E-state index contributed by atoms with van der Waals surface area (Å²) in [4.78, 5) is 50.9. The molecule has 0 aromatic carbocycles. The zero-order chi connectivity index (χ0) is 21.2. The summed E-state index contributed by atoms with van der Waals surface area (Å²) in [5.41, 5.74) is 1.18. The van der Waals surface area contributed by atoms with E-state index in [0.717, 1.165) is 36.3 Å². The second kappa shape index (κ2) is 8.39. The molecule has 1 spiro atoms. The molecular formula is C21H29N3O5. The number of hydrogen-bond donors (Lipinski definition) is 1. The number of methoxy groups -OCH3 is 1. The van der Waals surface area contributed by atoms with Crippen molar-refractivity contribution in [2.45, 2.75) is 70.9 Å². The smallest absolute Gasteiger partial charge is 0.325 e. The molecule has 3 rings (SSSR count). The van der Waals surface area contributed by atoms with Gasteiger partial charge in [0.2, 0.25) is 0 Å². The Bertz CT molecular complexity index is 834. The van der Waals surface area contributed by atoms with Crippen LogP contribution < -0.4 is 5.32 Å². The maximum atomic E-state index is 13.0. The maximum absolute atomic E-state index is 13.0. The Hall–Kier alpha value is -2.64. The van der Waals surface area contributed by atoms with E-state index in [-0.39, 0.29) is 30.6 Å². The van der Waals surface area contributed by atoms with Crippen molar-refractivity contribution < 1.29 is 23.9 Å². The number of aromatic nitrogens is 1. The quantitative estimate of drug-likeness (QED) is 0.447. The molecule has 0 unspecified atom stereocenters. The number of Topliss-reactive ketones (excluding diaryl/α,β-unsaturated/α-hetero) is 1. The van der Waals surface area contributed by atoms with Gasteiger partial charge in [-0.3, -0.25) is 19.3 Å². The summed E-state index contributed by atoms with van der Waals surface area (Å²) in [5, 5.41) is 2.86. The van der Waals surface area contributed by atoms with Gasteiger partial charge in [-0.15, -0.1) is 0 Å². The Kier molecular flexibility index (Phi) is 6.10. The van der Waals surface area contributed by atoms with Crippen LogP contribution in [0.15, 0.2) is 6.07 Å². The van der Waals surface area contributed by atoms with Crippen LogP contribution in [0.5, 0.6) is 0 Å². The summed E-state index contributed by atoms with van der Waals surface area (Å²) in [5.74, 6) is -0.882. The summed E-state index contributed by atoms with van der Waals surface area (Å²) in [7, 11) is 1.34. The highest BCUT2D eigenvalue weighted by atomic mass is 16.5. The molecule has 0 atom stereocenters. The zero-order valence-electron chi connectivity index (χ0n) is 17.4. The third kappa shape index (κ3) is 4.06. The number of nitrogens with zero attached hydrogens (tertiary/aromatic N) is 2. The molecule has 3 amide bonds. The Morgan fingerprint density at radius 2 is 1.79 bits per heavy atom. The number of esters is 1. The first-order valence-corrected chi connectivity index (χ1v) is 10.2. The molecule has 8 nitrogen and oxygen atoms in total. The molecule has 1 saturated carbocycles. The molecule has 158 valence electrons. The van der Waals surface area contributed by atoms with Crippen LogP contribution in [0.3, 0.4) is 0 Å². The standard InChI is InChI=1S/C21H29N3O5/c1-14-12-16(15(2)23(14)11-8-18(26)29-3)17(25)13-24-19(27)21(22-20(24)28)9-6-4-5-7-10-21/h12H,4-11,13H2,1-3H3,(H,22,28). The lowest BCUT2D eigenvalue weighted by atomic mass is 9.90. The molecule has 1 aromatic heterocycles. The van der Waals surface area contributed by atoms with Crippen LogP contribution >= 0.6 is 0 Å². The van der Waals surface area contributed by atoms with Crippen molar-refractivity contribution in [1.82, 2.24) is 14.8 Å². The Morgan fingerprint density at radius 1 is 1.14 bits per heavy atom. The van der Waals surface area contributed by atoms with E-state index >= 15 is 0 Å². The third-order valence-electron chi connectivity index (χ3n) is 6.15. The monoisotopic (exact) mass is 403 g/mol. The zero-order valence-corrected chi connectivity index (χ0v) is 17.4. The minimum absolute atomic E-state index is 0.204. The van der Waals surface area contributed by atoms with Crippen LogP contribution in [0.2, 0.25) is 0 Å². The van der Waals surface area contributed by atoms with E-state index in [0.29, 0.717) is 30.6 Å². The lowest BCUT2D eigenvalue weighted by molar-refractivity contribution is -0.140. The number of amides is 3.